The number of hydrogen-bond acceptors (Lipinski definition) is 3. The van der Waals surface area contributed by atoms with Crippen LogP contribution in [0.4, 0.5) is 0 Å². The van der Waals surface area contributed by atoms with E-state index in [4.69, 9.17) is 0 Å². The van der Waals surface area contributed by atoms with Crippen molar-refractivity contribution in [3.8, 4) is 0 Å². The van der Waals surface area contributed by atoms with Crippen molar-refractivity contribution in [2.24, 2.45) is 0 Å². The van der Waals surface area contributed by atoms with E-state index in [9.17, 15) is 4.79 Å². The lowest BCUT2D eigenvalue weighted by Gasteiger charge is -2.40. The SMILES string of the molecule is Cc1ccc(C(c2ccccc2)N2CCN(C(=O)Cc3cccs3)CC2)cc1. The Morgan fingerprint density at radius 2 is 1.57 bits per heavy atom. The molecule has 3 aromatic rings. The van der Waals surface area contributed by atoms with E-state index in [2.05, 4.69) is 66.4 Å². The minimum absolute atomic E-state index is 0.233. The molecule has 0 radical (unpaired) electrons. The monoisotopic (exact) mass is 390 g/mol. The topological polar surface area (TPSA) is 23.6 Å². The Morgan fingerprint density at radius 3 is 2.21 bits per heavy atom. The van der Waals surface area contributed by atoms with E-state index < -0.39 is 0 Å². The van der Waals surface area contributed by atoms with Gasteiger partial charge in [-0.15, -0.1) is 11.3 Å². The lowest BCUT2D eigenvalue weighted by atomic mass is 9.95. The summed E-state index contributed by atoms with van der Waals surface area (Å²) in [6, 6.07) is 23.8. The molecule has 4 heteroatoms. The predicted molar refractivity (Wildman–Crippen MR) is 116 cm³/mol. The molecule has 0 bridgehead atoms. The predicted octanol–water partition coefficient (Wildman–Crippen LogP) is 4.53. The summed E-state index contributed by atoms with van der Waals surface area (Å²) in [4.78, 5) is 18.3. The molecule has 0 saturated carbocycles. The minimum Gasteiger partial charge on any atom is -0.340 e. The van der Waals surface area contributed by atoms with E-state index >= 15 is 0 Å². The number of benzene rings is 2. The van der Waals surface area contributed by atoms with Crippen LogP contribution in [0.5, 0.6) is 0 Å². The van der Waals surface area contributed by atoms with Gasteiger partial charge < -0.3 is 4.90 Å². The van der Waals surface area contributed by atoms with Gasteiger partial charge in [0.05, 0.1) is 12.5 Å². The number of amides is 1. The van der Waals surface area contributed by atoms with Crippen LogP contribution in [0.1, 0.15) is 27.6 Å². The summed E-state index contributed by atoms with van der Waals surface area (Å²) in [5.41, 5.74) is 3.90. The highest BCUT2D eigenvalue weighted by atomic mass is 32.1. The molecule has 1 fully saturated rings. The fourth-order valence-electron chi connectivity index (χ4n) is 3.90. The van der Waals surface area contributed by atoms with Crippen LogP contribution in [0.3, 0.4) is 0 Å². The molecule has 0 spiro atoms. The number of thiophene rings is 1. The molecule has 144 valence electrons. The van der Waals surface area contributed by atoms with Crippen LogP contribution in [-0.2, 0) is 11.2 Å². The summed E-state index contributed by atoms with van der Waals surface area (Å²) in [6.45, 7) is 5.49. The average Bonchev–Trinajstić information content (AvgIpc) is 3.24. The Labute approximate surface area is 171 Å². The first kappa shape index (κ1) is 18.9. The zero-order valence-corrected chi connectivity index (χ0v) is 17.1. The first-order valence-electron chi connectivity index (χ1n) is 9.86. The van der Waals surface area contributed by atoms with Gasteiger partial charge in [0.2, 0.25) is 5.91 Å². The highest BCUT2D eigenvalue weighted by Gasteiger charge is 2.28. The number of carbonyl (C=O) groups excluding carboxylic acids is 1. The molecule has 1 saturated heterocycles. The second-order valence-corrected chi connectivity index (χ2v) is 8.43. The quantitative estimate of drug-likeness (QED) is 0.639. The lowest BCUT2D eigenvalue weighted by Crippen LogP contribution is -2.50. The highest BCUT2D eigenvalue weighted by molar-refractivity contribution is 7.10. The molecule has 2 aromatic carbocycles. The molecular weight excluding hydrogens is 364 g/mol. The summed E-state index contributed by atoms with van der Waals surface area (Å²) >= 11 is 1.66. The number of hydrogen-bond donors (Lipinski definition) is 0. The number of rotatable bonds is 5. The Morgan fingerprint density at radius 1 is 0.893 bits per heavy atom. The van der Waals surface area contributed by atoms with Gasteiger partial charge in [0, 0.05) is 31.1 Å². The van der Waals surface area contributed by atoms with E-state index in [1.807, 2.05) is 22.4 Å². The number of piperazine rings is 1. The van der Waals surface area contributed by atoms with Crippen LogP contribution in [0.25, 0.3) is 0 Å². The van der Waals surface area contributed by atoms with E-state index in [-0.39, 0.29) is 11.9 Å². The number of carbonyl (C=O) groups is 1. The van der Waals surface area contributed by atoms with Crippen molar-refractivity contribution >= 4 is 17.2 Å². The highest BCUT2D eigenvalue weighted by Crippen LogP contribution is 2.30. The fourth-order valence-corrected chi connectivity index (χ4v) is 4.60. The summed E-state index contributed by atoms with van der Waals surface area (Å²) < 4.78 is 0. The Balaban J connectivity index is 1.48. The van der Waals surface area contributed by atoms with Gasteiger partial charge in [0.25, 0.3) is 0 Å². The van der Waals surface area contributed by atoms with Crippen molar-refractivity contribution in [1.29, 1.82) is 0 Å². The summed E-state index contributed by atoms with van der Waals surface area (Å²) in [6.07, 6.45) is 0.526. The Hall–Kier alpha value is -2.43. The van der Waals surface area contributed by atoms with E-state index in [1.165, 1.54) is 16.7 Å². The van der Waals surface area contributed by atoms with Crippen LogP contribution in [-0.4, -0.2) is 41.9 Å². The molecule has 0 aliphatic carbocycles. The van der Waals surface area contributed by atoms with Crippen LogP contribution in [0.2, 0.25) is 0 Å². The Bertz CT molecular complexity index is 882. The molecule has 1 aliphatic rings. The Kier molecular flexibility index (Phi) is 5.89. The standard InChI is InChI=1S/C24H26N2OS/c1-19-9-11-21(12-10-19)24(20-6-3-2-4-7-20)26-15-13-25(14-16-26)23(27)18-22-8-5-17-28-22/h2-12,17,24H,13-16,18H2,1H3. The summed E-state index contributed by atoms with van der Waals surface area (Å²) in [5.74, 6) is 0.244. The third kappa shape index (κ3) is 4.34. The van der Waals surface area contributed by atoms with Gasteiger partial charge in [-0.2, -0.15) is 0 Å². The van der Waals surface area contributed by atoms with Crippen molar-refractivity contribution in [3.63, 3.8) is 0 Å². The molecule has 4 rings (SSSR count). The molecule has 1 aliphatic heterocycles. The number of aryl methyl sites for hydroxylation is 1. The van der Waals surface area contributed by atoms with Crippen LogP contribution in [0, 0.1) is 6.92 Å². The lowest BCUT2D eigenvalue weighted by molar-refractivity contribution is -0.132. The summed E-state index contributed by atoms with van der Waals surface area (Å²) in [7, 11) is 0. The van der Waals surface area contributed by atoms with Gasteiger partial charge in [0.15, 0.2) is 0 Å². The molecule has 1 atom stereocenters. The van der Waals surface area contributed by atoms with Gasteiger partial charge in [-0.1, -0.05) is 66.2 Å². The van der Waals surface area contributed by atoms with Gasteiger partial charge in [0.1, 0.15) is 0 Å². The average molecular weight is 391 g/mol. The largest absolute Gasteiger partial charge is 0.340 e. The zero-order valence-electron chi connectivity index (χ0n) is 16.3. The van der Waals surface area contributed by atoms with Gasteiger partial charge in [-0.05, 0) is 29.5 Å². The maximum atomic E-state index is 12.6. The van der Waals surface area contributed by atoms with Crippen molar-refractivity contribution in [2.75, 3.05) is 26.2 Å². The van der Waals surface area contributed by atoms with Crippen molar-refractivity contribution in [3.05, 3.63) is 93.7 Å². The molecular formula is C24H26N2OS. The van der Waals surface area contributed by atoms with Crippen molar-refractivity contribution in [1.82, 2.24) is 9.80 Å². The fraction of sp³-hybridized carbons (Fsp3) is 0.292. The molecule has 28 heavy (non-hydrogen) atoms. The number of nitrogens with zero attached hydrogens (tertiary/aromatic N) is 2. The molecule has 2 heterocycles. The maximum absolute atomic E-state index is 12.6. The normalized spacial score (nSPS) is 16.1. The van der Waals surface area contributed by atoms with Crippen LogP contribution < -0.4 is 0 Å². The third-order valence-corrected chi connectivity index (χ3v) is 6.32. The van der Waals surface area contributed by atoms with Crippen molar-refractivity contribution < 1.29 is 4.79 Å². The van der Waals surface area contributed by atoms with E-state index in [0.29, 0.717) is 6.42 Å². The zero-order chi connectivity index (χ0) is 19.3. The van der Waals surface area contributed by atoms with Gasteiger partial charge in [-0.3, -0.25) is 9.69 Å². The summed E-state index contributed by atoms with van der Waals surface area (Å²) in [5, 5.41) is 2.03. The van der Waals surface area contributed by atoms with E-state index in [1.54, 1.807) is 11.3 Å². The maximum Gasteiger partial charge on any atom is 0.227 e. The van der Waals surface area contributed by atoms with Gasteiger partial charge >= 0.3 is 0 Å². The van der Waals surface area contributed by atoms with Crippen LogP contribution >= 0.6 is 11.3 Å². The minimum atomic E-state index is 0.233. The molecule has 1 amide bonds. The smallest absolute Gasteiger partial charge is 0.227 e. The third-order valence-electron chi connectivity index (χ3n) is 5.45. The molecule has 0 N–H and O–H groups in total. The van der Waals surface area contributed by atoms with Gasteiger partial charge in [-0.25, -0.2) is 0 Å². The second-order valence-electron chi connectivity index (χ2n) is 7.40. The van der Waals surface area contributed by atoms with E-state index in [0.717, 1.165) is 31.1 Å². The first-order chi connectivity index (χ1) is 13.7. The molecule has 3 nitrogen and oxygen atoms in total. The second kappa shape index (κ2) is 8.72. The first-order valence-corrected chi connectivity index (χ1v) is 10.7. The van der Waals surface area contributed by atoms with Crippen LogP contribution in [0.15, 0.2) is 72.1 Å². The molecule has 1 unspecified atom stereocenters. The van der Waals surface area contributed by atoms with Crippen molar-refractivity contribution in [2.45, 2.75) is 19.4 Å². The molecule has 1 aromatic heterocycles.